The minimum Gasteiger partial charge on any atom is -0.478 e. The fourth-order valence-electron chi connectivity index (χ4n) is 19.1. The van der Waals surface area contributed by atoms with Crippen molar-refractivity contribution in [3.05, 3.63) is 165 Å². The maximum atomic E-state index is 12.6. The number of nitrogens with zero attached hydrogens (tertiary/aromatic N) is 7. The van der Waals surface area contributed by atoms with Crippen LogP contribution in [0.5, 0.6) is 0 Å². The van der Waals surface area contributed by atoms with Gasteiger partial charge in [0, 0.05) is 127 Å². The Morgan fingerprint density at radius 2 is 0.896 bits per heavy atom. The highest BCUT2D eigenvalue weighted by atomic mass is 127. The maximum Gasteiger partial charge on any atom is 0.337 e. The van der Waals surface area contributed by atoms with Gasteiger partial charge in [-0.15, -0.1) is 24.0 Å². The van der Waals surface area contributed by atoms with Crippen molar-refractivity contribution < 1.29 is 56.7 Å². The molecule has 29 heteroatoms. The number of carboxylic acids is 1. The van der Waals surface area contributed by atoms with E-state index in [0.29, 0.717) is 156 Å². The molecule has 5 aromatic carbocycles. The van der Waals surface area contributed by atoms with E-state index in [2.05, 4.69) is 30.6 Å². The summed E-state index contributed by atoms with van der Waals surface area (Å²) in [7, 11) is 1.44. The predicted octanol–water partition coefficient (Wildman–Crippen LogP) is 22.1. The smallest absolute Gasteiger partial charge is 0.337 e. The van der Waals surface area contributed by atoms with Crippen molar-refractivity contribution in [3.63, 3.8) is 0 Å². The van der Waals surface area contributed by atoms with Gasteiger partial charge in [0.25, 0.3) is 0 Å². The van der Waals surface area contributed by atoms with Crippen LogP contribution >= 0.6 is 116 Å². The van der Waals surface area contributed by atoms with Gasteiger partial charge in [0.05, 0.1) is 107 Å². The highest BCUT2D eigenvalue weighted by Gasteiger charge is 2.50. The van der Waals surface area contributed by atoms with Gasteiger partial charge in [-0.1, -0.05) is 126 Å². The molecular formula is C86H89Cl6IN8O12S2. The summed E-state index contributed by atoms with van der Waals surface area (Å²) < 4.78 is 55.5. The normalized spacial score (nSPS) is 25.4. The first-order valence-electron chi connectivity index (χ1n) is 40.4. The molecule has 0 radical (unpaired) electrons. The fourth-order valence-corrected chi connectivity index (χ4v) is 23.1. The van der Waals surface area contributed by atoms with E-state index in [1.54, 1.807) is 28.7 Å². The molecule has 2 unspecified atom stereocenters. The number of carbonyl (C=O) groups excluding carboxylic acids is 1. The van der Waals surface area contributed by atoms with Crippen LogP contribution in [0.4, 0.5) is 10.3 Å². The number of methoxy groups -OCH3 is 1. The zero-order valence-electron chi connectivity index (χ0n) is 63.4. The van der Waals surface area contributed by atoms with Gasteiger partial charge in [-0.25, -0.2) is 19.6 Å². The summed E-state index contributed by atoms with van der Waals surface area (Å²) >= 11 is 42.3. The van der Waals surface area contributed by atoms with Gasteiger partial charge in [0.1, 0.15) is 34.4 Å². The number of aromatic carboxylic acids is 1. The Kier molecular flexibility index (Phi) is 24.0. The van der Waals surface area contributed by atoms with Gasteiger partial charge >= 0.3 is 11.9 Å². The molecule has 2 N–H and O–H groups in total. The number of ether oxygens (including phenoxy) is 6. The molecule has 6 bridgehead atoms. The summed E-state index contributed by atoms with van der Waals surface area (Å²) in [5.74, 6) is 4.75. The molecule has 11 atom stereocenters. The van der Waals surface area contributed by atoms with Gasteiger partial charge in [0.2, 0.25) is 0 Å². The molecule has 0 amide bonds. The zero-order valence-corrected chi connectivity index (χ0v) is 71.9. The lowest BCUT2D eigenvalue weighted by Gasteiger charge is -2.31. The van der Waals surface area contributed by atoms with Gasteiger partial charge < -0.3 is 62.2 Å². The second-order valence-corrected chi connectivity index (χ2v) is 37.3. The van der Waals surface area contributed by atoms with Crippen molar-refractivity contribution in [2.45, 2.75) is 201 Å². The van der Waals surface area contributed by atoms with Crippen molar-refractivity contribution in [1.82, 2.24) is 30.8 Å². The summed E-state index contributed by atoms with van der Waals surface area (Å²) in [6.07, 6.45) is 19.4. The second-order valence-electron chi connectivity index (χ2n) is 32.8. The largest absolute Gasteiger partial charge is 0.478 e. The number of anilines is 2. The third kappa shape index (κ3) is 16.5. The van der Waals surface area contributed by atoms with Crippen LogP contribution in [0.15, 0.2) is 92.4 Å². The number of hydrogen-bond acceptors (Lipinski definition) is 21. The van der Waals surface area contributed by atoms with Crippen LogP contribution in [0.3, 0.4) is 0 Å². The molecule has 6 saturated carbocycles. The van der Waals surface area contributed by atoms with E-state index in [1.807, 2.05) is 72.8 Å². The van der Waals surface area contributed by atoms with E-state index in [0.717, 1.165) is 236 Å². The summed E-state index contributed by atoms with van der Waals surface area (Å²) in [6.45, 7) is 7.15. The van der Waals surface area contributed by atoms with Crippen LogP contribution in [0.25, 0.3) is 54.2 Å². The maximum absolute atomic E-state index is 12.6. The molecule has 11 fully saturated rings. The van der Waals surface area contributed by atoms with Gasteiger partial charge in [-0.3, -0.25) is 0 Å². The molecule has 5 aliphatic heterocycles. The molecule has 5 saturated heterocycles. The highest BCUT2D eigenvalue weighted by Crippen LogP contribution is 2.54. The monoisotopic (exact) mass is 1830 g/mol. The minimum absolute atomic E-state index is 0. The third-order valence-electron chi connectivity index (χ3n) is 25.4. The standard InChI is InChI=1S/C34H35Cl2N3O5S.C33H33Cl2N3O5S.C19H20Cl2N2O2.HI/c1-41-33(40)20-13-23(18-4-3-10-42-11-9-18)30-28(14-20)45-34(37-30)39-16-21-12-22(39)15-27(21)43-17-24-31(38-44-32(24)19-7-8-19)29-25(35)5-2-6-26(29)36;34-24-4-1-5-25(35)28(24)30-23(31(43-37-30)18-6-7-18)16-42-26-14-21-11-20(26)15-38(21)33-36-29-22(17-3-2-9-41-10-8-17)12-19(32(39)40)13-27(29)44-33;20-14-2-1-3-15(21)17(14)18-13(19(25-23-18)10-4-5-10)9-24-16-7-12-6-11(16)8-22-12;/h2,5-6,13-14,18-19,21-22,27H,3-4,7-12,15-17H2,1H3;1,4-5,12-13,17-18,20-21,26H,2-3,6-11,14-16H2,(H,39,40);1-3,10-12,16,22H,4-9H2;1H/t18?,21-,22-,27+;17?,20-,21-,26+;11-,12-,16+;/m000./s1. The Morgan fingerprint density at radius 1 is 0.496 bits per heavy atom. The summed E-state index contributed by atoms with van der Waals surface area (Å²) in [4.78, 5) is 39.9. The number of halogens is 7. The molecule has 606 valence electrons. The van der Waals surface area contributed by atoms with Crippen molar-refractivity contribution in [1.29, 1.82) is 0 Å². The van der Waals surface area contributed by atoms with Crippen molar-refractivity contribution in [2.75, 3.05) is 63.0 Å². The third-order valence-corrected chi connectivity index (χ3v) is 29.4. The molecule has 10 aromatic rings. The van der Waals surface area contributed by atoms with Crippen molar-refractivity contribution >= 4 is 159 Å². The molecule has 115 heavy (non-hydrogen) atoms. The second kappa shape index (κ2) is 34.4. The Bertz CT molecular complexity index is 5200. The lowest BCUT2D eigenvalue weighted by molar-refractivity contribution is 0.00913. The van der Waals surface area contributed by atoms with E-state index in [-0.39, 0.29) is 48.1 Å². The van der Waals surface area contributed by atoms with Crippen LogP contribution in [-0.2, 0) is 48.2 Å². The molecule has 10 heterocycles. The van der Waals surface area contributed by atoms with E-state index in [1.165, 1.54) is 13.5 Å². The Balaban J connectivity index is 0.000000124. The molecule has 21 rings (SSSR count). The summed E-state index contributed by atoms with van der Waals surface area (Å²) in [6, 6.07) is 25.4. The number of esters is 1. The fraction of sp³-hybridized carbons (Fsp3) is 0.500. The molecule has 6 aliphatic carbocycles. The SMILES string of the molecule is COC(=O)c1cc(C2CCCOCC2)c2nc(N3C[C@@H]4C[C@H]3C[C@H]4OCc3c(-c4c(Cl)cccc4Cl)noc3C3CC3)sc2c1.Clc1cccc(Cl)c1-c1noc(C2CC2)c1CO[C@@H]1C[C@@H]2C[C@H]1CN2.I.O=C(O)c1cc(C2CCCOCC2)c2nc(N3C[C@@H]4C[C@H]3C[C@H]4OCc3c(-c4c(Cl)cccc4Cl)noc3C3CC3)sc2c1. The number of carboxylic acid groups (broad SMARTS) is 1. The van der Waals surface area contributed by atoms with Crippen LogP contribution < -0.4 is 15.1 Å². The van der Waals surface area contributed by atoms with E-state index in [9.17, 15) is 14.7 Å². The first-order valence-corrected chi connectivity index (χ1v) is 44.3. The Morgan fingerprint density at radius 3 is 1.25 bits per heavy atom. The molecule has 20 nitrogen and oxygen atoms in total. The van der Waals surface area contributed by atoms with Gasteiger partial charge in [0.15, 0.2) is 10.3 Å². The number of aromatic nitrogens is 5. The number of rotatable bonds is 21. The van der Waals surface area contributed by atoms with Gasteiger partial charge in [-0.2, -0.15) is 0 Å². The Labute approximate surface area is 721 Å². The molecule has 11 aliphatic rings. The molecule has 0 spiro atoms. The summed E-state index contributed by atoms with van der Waals surface area (Å²) in [5.41, 5.74) is 12.3. The molecule has 5 aromatic heterocycles. The van der Waals surface area contributed by atoms with Gasteiger partial charge in [-0.05, 0) is 205 Å². The van der Waals surface area contributed by atoms with Crippen molar-refractivity contribution in [3.8, 4) is 33.8 Å². The average molecular weight is 1830 g/mol. The lowest BCUT2D eigenvalue weighted by Crippen LogP contribution is -2.38. The van der Waals surface area contributed by atoms with E-state index < -0.39 is 5.97 Å². The predicted molar refractivity (Wildman–Crippen MR) is 458 cm³/mol. The highest BCUT2D eigenvalue weighted by molar-refractivity contribution is 14.0. The number of benzene rings is 5. The molecular weight excluding hydrogens is 1740 g/mol. The minimum atomic E-state index is -0.897. The van der Waals surface area contributed by atoms with Crippen LogP contribution in [-0.4, -0.2) is 132 Å². The number of nitrogens with one attached hydrogen (secondary N) is 1. The van der Waals surface area contributed by atoms with Crippen LogP contribution in [0, 0.1) is 17.8 Å². The lowest BCUT2D eigenvalue weighted by atomic mass is 9.90. The Hall–Kier alpha value is -5.72. The summed E-state index contributed by atoms with van der Waals surface area (Å²) in [5, 5.41) is 31.9. The first-order chi connectivity index (χ1) is 55.6. The quantitative estimate of drug-likeness (QED) is 0.0503. The topological polar surface area (TPSA) is 232 Å². The van der Waals surface area contributed by atoms with Crippen LogP contribution in [0.2, 0.25) is 30.1 Å². The number of piperidine rings is 3. The number of carbonyl (C=O) groups is 2. The van der Waals surface area contributed by atoms with E-state index >= 15 is 0 Å². The number of thiazole rings is 2. The first kappa shape index (κ1) is 80.3. The number of fused-ring (bicyclic) bond motifs is 8. The average Bonchev–Trinajstić information content (AvgIpc) is 1.87. The zero-order chi connectivity index (χ0) is 77.6. The van der Waals surface area contributed by atoms with Crippen LogP contribution in [0.1, 0.15) is 211 Å². The van der Waals surface area contributed by atoms with E-state index in [4.69, 9.17) is 122 Å². The number of hydrogen-bond donors (Lipinski definition) is 2. The van der Waals surface area contributed by atoms with Crippen molar-refractivity contribution in [2.24, 2.45) is 17.8 Å².